The SMILES string of the molecule is C=C1O[C@H](O[C@H]2[C@H](O)[C@@H](O)[C@H](O)O[C@@H]2CO)[C@H](O)[C@@H](O)[C@@H]1N[C@H]1C=C(C=O)C(=O)[C@H](O)[C@H]1O. The number of ketones is 1. The van der Waals surface area contributed by atoms with Crippen LogP contribution in [0.1, 0.15) is 0 Å². The van der Waals surface area contributed by atoms with Crippen molar-refractivity contribution in [3.05, 3.63) is 24.0 Å². The van der Waals surface area contributed by atoms with E-state index < -0.39 is 91.5 Å². The molecule has 0 saturated carbocycles. The second-order valence-electron chi connectivity index (χ2n) is 7.97. The van der Waals surface area contributed by atoms with Crippen molar-refractivity contribution < 1.29 is 64.7 Å². The molecule has 2 aliphatic heterocycles. The van der Waals surface area contributed by atoms with Crippen LogP contribution in [0, 0.1) is 0 Å². The molecule has 0 amide bonds. The van der Waals surface area contributed by atoms with Crippen LogP contribution in [-0.4, -0.2) is 133 Å². The summed E-state index contributed by atoms with van der Waals surface area (Å²) in [6, 6.07) is -2.47. The van der Waals surface area contributed by atoms with E-state index in [1.807, 2.05) is 0 Å². The number of carbonyl (C=O) groups excluding carboxylic acids is 2. The molecule has 1 aliphatic carbocycles. The number of nitrogens with one attached hydrogen (secondary N) is 1. The van der Waals surface area contributed by atoms with E-state index in [1.54, 1.807) is 0 Å². The number of hydrogen-bond donors (Lipinski definition) is 9. The van der Waals surface area contributed by atoms with Crippen molar-refractivity contribution in [1.82, 2.24) is 5.32 Å². The number of hydrogen-bond acceptors (Lipinski definition) is 14. The molecule has 14 heteroatoms. The zero-order chi connectivity index (χ0) is 24.6. The highest BCUT2D eigenvalue weighted by Crippen LogP contribution is 2.30. The van der Waals surface area contributed by atoms with E-state index >= 15 is 0 Å². The Kier molecular flexibility index (Phi) is 7.98. The summed E-state index contributed by atoms with van der Waals surface area (Å²) in [6.45, 7) is 2.87. The van der Waals surface area contributed by atoms with Crippen LogP contribution in [0.2, 0.25) is 0 Å². The van der Waals surface area contributed by atoms with Crippen LogP contribution in [-0.2, 0) is 23.8 Å². The molecular formula is C19H27NO13. The summed E-state index contributed by atoms with van der Waals surface area (Å²) in [6.07, 6.45) is -15.6. The quantitative estimate of drug-likeness (QED) is 0.128. The molecule has 9 N–H and O–H groups in total. The lowest BCUT2D eigenvalue weighted by molar-refractivity contribution is -0.331. The lowest BCUT2D eigenvalue weighted by Gasteiger charge is -2.45. The molecule has 0 aromatic heterocycles. The highest BCUT2D eigenvalue weighted by Gasteiger charge is 2.50. The van der Waals surface area contributed by atoms with E-state index in [1.165, 1.54) is 0 Å². The topological polar surface area (TPSA) is 236 Å². The van der Waals surface area contributed by atoms with E-state index in [0.717, 1.165) is 6.08 Å². The molecule has 0 aromatic carbocycles. The van der Waals surface area contributed by atoms with Crippen LogP contribution in [0.4, 0.5) is 0 Å². The highest BCUT2D eigenvalue weighted by molar-refractivity contribution is 6.14. The fourth-order valence-corrected chi connectivity index (χ4v) is 3.88. The minimum absolute atomic E-state index is 0.202. The van der Waals surface area contributed by atoms with Gasteiger partial charge in [-0.2, -0.15) is 0 Å². The van der Waals surface area contributed by atoms with Crippen molar-refractivity contribution in [2.24, 2.45) is 0 Å². The lowest BCUT2D eigenvalue weighted by Crippen LogP contribution is -2.65. The van der Waals surface area contributed by atoms with Gasteiger partial charge in [0.05, 0.1) is 24.3 Å². The van der Waals surface area contributed by atoms with Crippen LogP contribution in [0.5, 0.6) is 0 Å². The molecule has 2 saturated heterocycles. The van der Waals surface area contributed by atoms with E-state index in [0.29, 0.717) is 0 Å². The lowest BCUT2D eigenvalue weighted by atomic mass is 9.88. The van der Waals surface area contributed by atoms with Gasteiger partial charge >= 0.3 is 0 Å². The molecule has 33 heavy (non-hydrogen) atoms. The predicted molar refractivity (Wildman–Crippen MR) is 103 cm³/mol. The molecule has 14 nitrogen and oxygen atoms in total. The summed E-state index contributed by atoms with van der Waals surface area (Å²) in [5, 5.41) is 82.7. The Morgan fingerprint density at radius 1 is 1.03 bits per heavy atom. The summed E-state index contributed by atoms with van der Waals surface area (Å²) in [7, 11) is 0. The van der Waals surface area contributed by atoms with Crippen LogP contribution in [0.3, 0.4) is 0 Å². The van der Waals surface area contributed by atoms with Gasteiger partial charge in [0, 0.05) is 0 Å². The zero-order valence-electron chi connectivity index (χ0n) is 17.1. The summed E-state index contributed by atoms with van der Waals surface area (Å²) in [4.78, 5) is 22.8. The monoisotopic (exact) mass is 477 g/mol. The molecule has 3 rings (SSSR count). The maximum Gasteiger partial charge on any atom is 0.228 e. The first-order valence-corrected chi connectivity index (χ1v) is 10.0. The summed E-state index contributed by atoms with van der Waals surface area (Å²) in [5.74, 6) is -1.19. The molecule has 0 bridgehead atoms. The number of aldehydes is 1. The third kappa shape index (κ3) is 4.87. The van der Waals surface area contributed by atoms with Crippen LogP contribution in [0.15, 0.2) is 24.0 Å². The van der Waals surface area contributed by atoms with E-state index in [4.69, 9.17) is 14.2 Å². The first-order chi connectivity index (χ1) is 15.5. The molecule has 0 aromatic rings. The van der Waals surface area contributed by atoms with E-state index in [2.05, 4.69) is 11.9 Å². The van der Waals surface area contributed by atoms with Gasteiger partial charge in [-0.3, -0.25) is 14.9 Å². The normalized spacial score (nSPS) is 46.5. The van der Waals surface area contributed by atoms with Gasteiger partial charge in [-0.1, -0.05) is 12.7 Å². The second kappa shape index (κ2) is 10.2. The number of carbonyl (C=O) groups is 2. The van der Waals surface area contributed by atoms with Gasteiger partial charge in [0.15, 0.2) is 18.4 Å². The molecular weight excluding hydrogens is 450 g/mol. The molecule has 2 fully saturated rings. The molecule has 0 radical (unpaired) electrons. The van der Waals surface area contributed by atoms with E-state index in [9.17, 15) is 50.4 Å². The minimum Gasteiger partial charge on any atom is -0.465 e. The van der Waals surface area contributed by atoms with Gasteiger partial charge in [-0.25, -0.2) is 0 Å². The smallest absolute Gasteiger partial charge is 0.228 e. The summed E-state index contributed by atoms with van der Waals surface area (Å²) >= 11 is 0. The minimum atomic E-state index is -1.89. The van der Waals surface area contributed by atoms with Crippen molar-refractivity contribution in [2.45, 2.75) is 73.5 Å². The van der Waals surface area contributed by atoms with Gasteiger partial charge in [0.1, 0.15) is 54.6 Å². The van der Waals surface area contributed by atoms with Crippen molar-refractivity contribution in [2.75, 3.05) is 6.61 Å². The Bertz CT molecular complexity index is 788. The standard InChI is InChI=1S/C19H27NO13/c1-5-9(20-7-2-6(3-21)10(23)13(26)11(7)24)12(25)16(29)19(31-5)33-17-8(4-22)32-18(30)15(28)14(17)27/h2-3,7-9,11-20,22,24-30H,1,4H2/t7-,8+,9+,11-,12-,13-,14+,15+,16+,17+,18+,19+/m0/s1. The number of rotatable bonds is 6. The third-order valence-corrected chi connectivity index (χ3v) is 5.82. The van der Waals surface area contributed by atoms with Crippen LogP contribution < -0.4 is 5.32 Å². The van der Waals surface area contributed by atoms with Crippen molar-refractivity contribution in [3.63, 3.8) is 0 Å². The Balaban J connectivity index is 1.73. The van der Waals surface area contributed by atoms with Gasteiger partial charge in [0.2, 0.25) is 6.29 Å². The molecule has 186 valence electrons. The first-order valence-electron chi connectivity index (χ1n) is 10.0. The average molecular weight is 477 g/mol. The van der Waals surface area contributed by atoms with E-state index in [-0.39, 0.29) is 12.0 Å². The molecule has 2 heterocycles. The predicted octanol–water partition coefficient (Wildman–Crippen LogP) is -5.85. The van der Waals surface area contributed by atoms with Gasteiger partial charge in [-0.05, 0) is 0 Å². The number of Topliss-reactive ketones (excluding diaryl/α,β-unsaturated/α-hetero) is 1. The maximum absolute atomic E-state index is 11.8. The van der Waals surface area contributed by atoms with Crippen molar-refractivity contribution in [3.8, 4) is 0 Å². The fraction of sp³-hybridized carbons (Fsp3) is 0.684. The number of ether oxygens (including phenoxy) is 3. The maximum atomic E-state index is 11.8. The Hall–Kier alpha value is -1.82. The van der Waals surface area contributed by atoms with Gasteiger partial charge in [-0.15, -0.1) is 0 Å². The Labute approximate surface area is 186 Å². The molecule has 0 unspecified atom stereocenters. The van der Waals surface area contributed by atoms with Crippen LogP contribution in [0.25, 0.3) is 0 Å². The van der Waals surface area contributed by atoms with Gasteiger partial charge < -0.3 is 55.1 Å². The van der Waals surface area contributed by atoms with Crippen LogP contribution >= 0.6 is 0 Å². The first kappa shape index (κ1) is 25.8. The average Bonchev–Trinajstić information content (AvgIpc) is 2.79. The number of aliphatic hydroxyl groups excluding tert-OH is 8. The third-order valence-electron chi connectivity index (χ3n) is 5.82. The largest absolute Gasteiger partial charge is 0.465 e. The molecule has 12 atom stereocenters. The van der Waals surface area contributed by atoms with Crippen molar-refractivity contribution >= 4 is 12.1 Å². The van der Waals surface area contributed by atoms with Gasteiger partial charge in [0.25, 0.3) is 0 Å². The van der Waals surface area contributed by atoms with Crippen molar-refractivity contribution in [1.29, 1.82) is 0 Å². The summed E-state index contributed by atoms with van der Waals surface area (Å²) < 4.78 is 15.8. The fourth-order valence-electron chi connectivity index (χ4n) is 3.88. The zero-order valence-corrected chi connectivity index (χ0v) is 17.1. The second-order valence-corrected chi connectivity index (χ2v) is 7.97. The highest BCUT2D eigenvalue weighted by atomic mass is 16.7. The molecule has 0 spiro atoms. The number of aliphatic hydroxyl groups is 8. The Morgan fingerprint density at radius 2 is 1.70 bits per heavy atom. The molecule has 3 aliphatic rings. The Morgan fingerprint density at radius 3 is 2.30 bits per heavy atom. The summed E-state index contributed by atoms with van der Waals surface area (Å²) in [5.41, 5.74) is -0.397.